The average Bonchev–Trinajstić information content (AvgIpc) is 2.94. The van der Waals surface area contributed by atoms with E-state index in [-0.39, 0.29) is 37.0 Å². The van der Waals surface area contributed by atoms with Gasteiger partial charge in [-0.05, 0) is 62.9 Å². The molecule has 4 N–H and O–H groups in total. The summed E-state index contributed by atoms with van der Waals surface area (Å²) in [6, 6.07) is 12.9. The van der Waals surface area contributed by atoms with Crippen LogP contribution in [0.15, 0.2) is 52.6 Å². The SMILES string of the molecule is C=NCc1c(SCc2ccnc(C(=O)NC)c2)nc(N)c(C#N)c1-c1ccc(OCCNC(=O)OC(C)(C)C)cc1. The van der Waals surface area contributed by atoms with Crippen molar-refractivity contribution in [2.24, 2.45) is 4.99 Å². The minimum absolute atomic E-state index is 0.104. The predicted molar refractivity (Wildman–Crippen MR) is 159 cm³/mol. The molecular weight excluding hydrogens is 542 g/mol. The first-order chi connectivity index (χ1) is 19.6. The molecule has 3 aromatic rings. The molecule has 2 amide bonds. The van der Waals surface area contributed by atoms with Crippen LogP contribution < -0.4 is 21.1 Å². The van der Waals surface area contributed by atoms with Crippen molar-refractivity contribution >= 4 is 36.3 Å². The van der Waals surface area contributed by atoms with E-state index in [2.05, 4.69) is 38.4 Å². The number of aliphatic imine (C=N–C) groups is 1. The van der Waals surface area contributed by atoms with Gasteiger partial charge in [-0.25, -0.2) is 9.78 Å². The van der Waals surface area contributed by atoms with Gasteiger partial charge in [-0.1, -0.05) is 12.1 Å². The molecule has 11 nitrogen and oxygen atoms in total. The Bertz CT molecular complexity index is 1450. The summed E-state index contributed by atoms with van der Waals surface area (Å²) in [5, 5.41) is 15.8. The second kappa shape index (κ2) is 14.1. The van der Waals surface area contributed by atoms with Gasteiger partial charge in [0, 0.05) is 30.1 Å². The summed E-state index contributed by atoms with van der Waals surface area (Å²) >= 11 is 1.42. The topological polar surface area (TPSA) is 165 Å². The van der Waals surface area contributed by atoms with E-state index in [9.17, 15) is 14.9 Å². The van der Waals surface area contributed by atoms with Gasteiger partial charge in [-0.15, -0.1) is 11.8 Å². The number of thioether (sulfide) groups is 1. The first-order valence-electron chi connectivity index (χ1n) is 12.7. The molecule has 214 valence electrons. The van der Waals surface area contributed by atoms with Crippen molar-refractivity contribution in [1.29, 1.82) is 5.26 Å². The second-order valence-electron chi connectivity index (χ2n) is 9.74. The maximum absolute atomic E-state index is 12.0. The van der Waals surface area contributed by atoms with E-state index < -0.39 is 11.7 Å². The summed E-state index contributed by atoms with van der Waals surface area (Å²) < 4.78 is 11.0. The Morgan fingerprint density at radius 2 is 1.95 bits per heavy atom. The third-order valence-electron chi connectivity index (χ3n) is 5.51. The average molecular weight is 576 g/mol. The number of nitriles is 1. The van der Waals surface area contributed by atoms with Gasteiger partial charge >= 0.3 is 6.09 Å². The van der Waals surface area contributed by atoms with E-state index in [1.165, 1.54) is 11.8 Å². The summed E-state index contributed by atoms with van der Waals surface area (Å²) in [4.78, 5) is 36.5. The normalized spacial score (nSPS) is 10.8. The standard InChI is InChI=1S/C29H33N7O4S/c1-29(2,3)40-28(38)35-12-13-39-20-8-6-19(7-9-20)24-21(15-30)25(31)36-27(22(24)16-32-4)41-17-18-10-11-34-23(14-18)26(37)33-5/h6-11,14H,4,12-13,16-17H2,1-3,5H3,(H2,31,36)(H,33,37)(H,35,38). The molecule has 41 heavy (non-hydrogen) atoms. The molecule has 0 atom stereocenters. The van der Waals surface area contributed by atoms with Crippen LogP contribution in [0.4, 0.5) is 10.6 Å². The Hall–Kier alpha value is -4.63. The van der Waals surface area contributed by atoms with Crippen molar-refractivity contribution in [2.75, 3.05) is 25.9 Å². The number of rotatable bonds is 11. The molecule has 0 fully saturated rings. The van der Waals surface area contributed by atoms with Crippen molar-refractivity contribution < 1.29 is 19.1 Å². The molecule has 0 aliphatic rings. The van der Waals surface area contributed by atoms with Gasteiger partial charge in [-0.3, -0.25) is 14.8 Å². The Balaban J connectivity index is 1.81. The molecule has 2 heterocycles. The third-order valence-corrected chi connectivity index (χ3v) is 6.60. The maximum Gasteiger partial charge on any atom is 0.407 e. The number of benzene rings is 1. The Morgan fingerprint density at radius 1 is 1.22 bits per heavy atom. The molecule has 0 saturated carbocycles. The lowest BCUT2D eigenvalue weighted by molar-refractivity contribution is 0.0520. The number of hydrogen-bond donors (Lipinski definition) is 3. The minimum atomic E-state index is -0.576. The number of nitrogen functional groups attached to an aromatic ring is 1. The van der Waals surface area contributed by atoms with E-state index in [1.54, 1.807) is 52.2 Å². The molecule has 12 heteroatoms. The van der Waals surface area contributed by atoms with Crippen LogP contribution in [0.3, 0.4) is 0 Å². The molecule has 0 spiro atoms. The molecule has 0 unspecified atom stereocenters. The van der Waals surface area contributed by atoms with Crippen LogP contribution in [-0.2, 0) is 17.0 Å². The largest absolute Gasteiger partial charge is 0.492 e. The van der Waals surface area contributed by atoms with Gasteiger partial charge in [0.25, 0.3) is 5.91 Å². The van der Waals surface area contributed by atoms with Crippen molar-refractivity contribution in [3.8, 4) is 22.9 Å². The van der Waals surface area contributed by atoms with Gasteiger partial charge in [0.2, 0.25) is 0 Å². The fourth-order valence-corrected chi connectivity index (χ4v) is 4.74. The molecule has 0 radical (unpaired) electrons. The van der Waals surface area contributed by atoms with E-state index in [1.807, 2.05) is 18.2 Å². The zero-order valence-electron chi connectivity index (χ0n) is 23.5. The predicted octanol–water partition coefficient (Wildman–Crippen LogP) is 4.35. The molecule has 3 rings (SSSR count). The zero-order chi connectivity index (χ0) is 30.0. The quantitative estimate of drug-likeness (QED) is 0.171. The number of amides is 2. The summed E-state index contributed by atoms with van der Waals surface area (Å²) in [6.07, 6.45) is 1.07. The molecule has 0 aliphatic heterocycles. The number of hydrogen-bond acceptors (Lipinski definition) is 10. The van der Waals surface area contributed by atoms with Gasteiger partial charge in [0.15, 0.2) is 0 Å². The number of ether oxygens (including phenoxy) is 2. The summed E-state index contributed by atoms with van der Waals surface area (Å²) in [5.74, 6) is 0.900. The molecule has 0 saturated heterocycles. The molecule has 0 bridgehead atoms. The lowest BCUT2D eigenvalue weighted by Gasteiger charge is -2.19. The highest BCUT2D eigenvalue weighted by Gasteiger charge is 2.21. The number of carbonyl (C=O) groups is 2. The number of alkyl carbamates (subject to hydrolysis) is 1. The van der Waals surface area contributed by atoms with Crippen LogP contribution in [-0.4, -0.2) is 54.5 Å². The van der Waals surface area contributed by atoms with Crippen LogP contribution >= 0.6 is 11.8 Å². The summed E-state index contributed by atoms with van der Waals surface area (Å²) in [7, 11) is 1.55. The molecule has 2 aromatic heterocycles. The molecule has 0 aliphatic carbocycles. The van der Waals surface area contributed by atoms with Crippen LogP contribution in [0.2, 0.25) is 0 Å². The van der Waals surface area contributed by atoms with Crippen molar-refractivity contribution in [3.05, 3.63) is 65.0 Å². The number of nitrogens with zero attached hydrogens (tertiary/aromatic N) is 4. The van der Waals surface area contributed by atoms with E-state index >= 15 is 0 Å². The monoisotopic (exact) mass is 575 g/mol. The van der Waals surface area contributed by atoms with Gasteiger partial charge < -0.3 is 25.8 Å². The highest BCUT2D eigenvalue weighted by atomic mass is 32.2. The Labute approximate surface area is 243 Å². The first kappa shape index (κ1) is 30.9. The lowest BCUT2D eigenvalue weighted by Crippen LogP contribution is -2.34. The van der Waals surface area contributed by atoms with Crippen molar-refractivity contribution in [2.45, 2.75) is 43.7 Å². The lowest BCUT2D eigenvalue weighted by atomic mass is 9.96. The minimum Gasteiger partial charge on any atom is -0.492 e. The van der Waals surface area contributed by atoms with Gasteiger partial charge in [0.05, 0.1) is 13.1 Å². The number of nitrogens with two attached hydrogens (primary N) is 1. The number of pyridine rings is 2. The summed E-state index contributed by atoms with van der Waals surface area (Å²) in [6.45, 7) is 9.76. The number of carbonyl (C=O) groups excluding carboxylic acids is 2. The smallest absolute Gasteiger partial charge is 0.407 e. The van der Waals surface area contributed by atoms with Crippen LogP contribution in [0, 0.1) is 11.3 Å². The molecule has 1 aromatic carbocycles. The van der Waals surface area contributed by atoms with Crippen molar-refractivity contribution in [3.63, 3.8) is 0 Å². The van der Waals surface area contributed by atoms with Gasteiger partial charge in [-0.2, -0.15) is 5.26 Å². The number of nitrogens with one attached hydrogen (secondary N) is 2. The third kappa shape index (κ3) is 8.68. The highest BCUT2D eigenvalue weighted by Crippen LogP contribution is 2.38. The fourth-order valence-electron chi connectivity index (χ4n) is 3.75. The number of aromatic nitrogens is 2. The van der Waals surface area contributed by atoms with Crippen molar-refractivity contribution in [1.82, 2.24) is 20.6 Å². The van der Waals surface area contributed by atoms with Gasteiger partial charge in [0.1, 0.15) is 46.1 Å². The van der Waals surface area contributed by atoms with Crippen LogP contribution in [0.5, 0.6) is 5.75 Å². The van der Waals surface area contributed by atoms with E-state index in [0.717, 1.165) is 11.1 Å². The van der Waals surface area contributed by atoms with E-state index in [4.69, 9.17) is 15.2 Å². The molecular formula is C29H33N7O4S. The van der Waals surface area contributed by atoms with Crippen LogP contribution in [0.25, 0.3) is 11.1 Å². The van der Waals surface area contributed by atoms with E-state index in [0.29, 0.717) is 33.3 Å². The second-order valence-corrected chi connectivity index (χ2v) is 10.7. The first-order valence-corrected chi connectivity index (χ1v) is 13.7. The summed E-state index contributed by atoms with van der Waals surface area (Å²) in [5.41, 5.74) is 9.16. The fraction of sp³-hybridized carbons (Fsp3) is 0.310. The zero-order valence-corrected chi connectivity index (χ0v) is 24.3. The Morgan fingerprint density at radius 3 is 2.59 bits per heavy atom. The van der Waals surface area contributed by atoms with Crippen LogP contribution in [0.1, 0.15) is 48.0 Å². The number of anilines is 1. The maximum atomic E-state index is 12.0. The Kier molecular flexibility index (Phi) is 10.7. The highest BCUT2D eigenvalue weighted by molar-refractivity contribution is 7.98.